The summed E-state index contributed by atoms with van der Waals surface area (Å²) in [5.74, 6) is 0.399. The van der Waals surface area contributed by atoms with Gasteiger partial charge in [0.1, 0.15) is 0 Å². The van der Waals surface area contributed by atoms with Gasteiger partial charge < -0.3 is 19.4 Å². The van der Waals surface area contributed by atoms with Crippen molar-refractivity contribution in [1.29, 1.82) is 0 Å². The lowest BCUT2D eigenvalue weighted by Gasteiger charge is -2.42. The molecule has 0 unspecified atom stereocenters. The van der Waals surface area contributed by atoms with Crippen molar-refractivity contribution in [1.82, 2.24) is 19.4 Å². The van der Waals surface area contributed by atoms with Crippen LogP contribution in [0.4, 0.5) is 0 Å². The van der Waals surface area contributed by atoms with E-state index in [1.165, 1.54) is 16.6 Å². The highest BCUT2D eigenvalue weighted by molar-refractivity contribution is 5.87. The molecule has 4 heterocycles. The minimum Gasteiger partial charge on any atom is -0.356 e. The fraction of sp³-hybridized carbons (Fsp3) is 0.344. The first-order valence-corrected chi connectivity index (χ1v) is 13.9. The van der Waals surface area contributed by atoms with E-state index in [1.807, 2.05) is 33.7 Å². The number of amides is 2. The molecule has 1 saturated heterocycles. The molecule has 2 bridgehead atoms. The molecule has 0 aliphatic carbocycles. The first-order valence-electron chi connectivity index (χ1n) is 13.9. The fourth-order valence-corrected chi connectivity index (χ4v) is 6.55. The topological polar surface area (TPSA) is 76.3 Å². The van der Waals surface area contributed by atoms with Crippen LogP contribution >= 0.6 is 0 Å². The van der Waals surface area contributed by atoms with Crippen LogP contribution in [0, 0.1) is 12.8 Å². The van der Waals surface area contributed by atoms with Crippen LogP contribution in [0.2, 0.25) is 0 Å². The number of nitrogens with one attached hydrogen (secondary N) is 1. The Bertz CT molecular complexity index is 1590. The highest BCUT2D eigenvalue weighted by atomic mass is 16.2. The summed E-state index contributed by atoms with van der Waals surface area (Å²) in [7, 11) is 0. The third-order valence-electron chi connectivity index (χ3n) is 8.35. The highest BCUT2D eigenvalue weighted by Gasteiger charge is 2.36. The van der Waals surface area contributed by atoms with Gasteiger partial charge in [0.15, 0.2) is 0 Å². The number of nitrogens with zero attached hydrogens (tertiary/aromatic N) is 3. The van der Waals surface area contributed by atoms with Gasteiger partial charge >= 0.3 is 0 Å². The van der Waals surface area contributed by atoms with Gasteiger partial charge in [0.2, 0.25) is 11.8 Å². The van der Waals surface area contributed by atoms with Gasteiger partial charge in [0, 0.05) is 73.5 Å². The SMILES string of the molecule is Cc1c(CCNC(=O)CCC(=O)N2C[C@@H]3C[C@@H](C2)c2cccc(=O)n2C3)c2ccccc2n1-c1ccccc1. The average molecular weight is 523 g/mol. The van der Waals surface area contributed by atoms with E-state index in [9.17, 15) is 14.4 Å². The number of benzene rings is 2. The Morgan fingerprint density at radius 1 is 0.897 bits per heavy atom. The van der Waals surface area contributed by atoms with Gasteiger partial charge in [-0.3, -0.25) is 14.4 Å². The maximum absolute atomic E-state index is 13.0. The molecule has 2 aromatic carbocycles. The molecule has 0 spiro atoms. The molecule has 2 aromatic heterocycles. The first-order chi connectivity index (χ1) is 19.0. The number of aromatic nitrogens is 2. The summed E-state index contributed by atoms with van der Waals surface area (Å²) in [6, 6.07) is 24.1. The molecule has 39 heavy (non-hydrogen) atoms. The number of carbonyl (C=O) groups excluding carboxylic acids is 2. The maximum Gasteiger partial charge on any atom is 0.250 e. The van der Waals surface area contributed by atoms with Crippen LogP contribution in [0.3, 0.4) is 0 Å². The number of likely N-dealkylation sites (tertiary alicyclic amines) is 1. The molecule has 4 aromatic rings. The molecule has 2 amide bonds. The van der Waals surface area contributed by atoms with E-state index in [2.05, 4.69) is 53.2 Å². The van der Waals surface area contributed by atoms with E-state index >= 15 is 0 Å². The van der Waals surface area contributed by atoms with Crippen LogP contribution in [0.1, 0.15) is 42.1 Å². The van der Waals surface area contributed by atoms with E-state index < -0.39 is 0 Å². The molecule has 1 fully saturated rings. The van der Waals surface area contributed by atoms with Crippen molar-refractivity contribution in [3.63, 3.8) is 0 Å². The van der Waals surface area contributed by atoms with E-state index in [1.54, 1.807) is 12.1 Å². The second-order valence-corrected chi connectivity index (χ2v) is 10.8. The number of fused-ring (bicyclic) bond motifs is 5. The molecule has 7 nitrogen and oxygen atoms in total. The normalized spacial score (nSPS) is 18.1. The van der Waals surface area contributed by atoms with E-state index in [4.69, 9.17) is 0 Å². The number of para-hydroxylation sites is 2. The summed E-state index contributed by atoms with van der Waals surface area (Å²) < 4.78 is 4.14. The van der Waals surface area contributed by atoms with Crippen molar-refractivity contribution in [2.75, 3.05) is 19.6 Å². The number of carbonyl (C=O) groups is 2. The lowest BCUT2D eigenvalue weighted by molar-refractivity contribution is -0.136. The van der Waals surface area contributed by atoms with Crippen LogP contribution in [-0.2, 0) is 22.6 Å². The molecular weight excluding hydrogens is 488 g/mol. The zero-order valence-corrected chi connectivity index (χ0v) is 22.3. The zero-order chi connectivity index (χ0) is 26.9. The predicted molar refractivity (Wildman–Crippen MR) is 152 cm³/mol. The quantitative estimate of drug-likeness (QED) is 0.396. The average Bonchev–Trinajstić information content (AvgIpc) is 3.23. The van der Waals surface area contributed by atoms with Crippen LogP contribution in [-0.4, -0.2) is 45.5 Å². The summed E-state index contributed by atoms with van der Waals surface area (Å²) in [6.45, 7) is 4.59. The molecule has 200 valence electrons. The minimum atomic E-state index is -0.0955. The first kappa shape index (κ1) is 25.2. The van der Waals surface area contributed by atoms with Crippen LogP contribution in [0.25, 0.3) is 16.6 Å². The summed E-state index contributed by atoms with van der Waals surface area (Å²) in [5, 5.41) is 4.23. The molecule has 0 radical (unpaired) electrons. The van der Waals surface area contributed by atoms with Crippen molar-refractivity contribution in [2.24, 2.45) is 5.92 Å². The maximum atomic E-state index is 13.0. The van der Waals surface area contributed by atoms with Crippen LogP contribution in [0.5, 0.6) is 0 Å². The van der Waals surface area contributed by atoms with E-state index in [0.29, 0.717) is 26.2 Å². The second kappa shape index (κ2) is 10.6. The highest BCUT2D eigenvalue weighted by Crippen LogP contribution is 2.35. The largest absolute Gasteiger partial charge is 0.356 e. The lowest BCUT2D eigenvalue weighted by atomic mass is 9.83. The summed E-state index contributed by atoms with van der Waals surface area (Å²) >= 11 is 0. The van der Waals surface area contributed by atoms with Gasteiger partial charge in [-0.05, 0) is 55.5 Å². The Morgan fingerprint density at radius 2 is 1.69 bits per heavy atom. The van der Waals surface area contributed by atoms with Crippen molar-refractivity contribution in [2.45, 2.75) is 45.1 Å². The van der Waals surface area contributed by atoms with Gasteiger partial charge in [-0.1, -0.05) is 42.5 Å². The van der Waals surface area contributed by atoms with Gasteiger partial charge in [-0.15, -0.1) is 0 Å². The molecule has 7 heteroatoms. The van der Waals surface area contributed by atoms with Gasteiger partial charge in [-0.2, -0.15) is 0 Å². The van der Waals surface area contributed by atoms with E-state index in [0.717, 1.165) is 29.7 Å². The van der Waals surface area contributed by atoms with Crippen molar-refractivity contribution < 1.29 is 9.59 Å². The summed E-state index contributed by atoms with van der Waals surface area (Å²) in [4.78, 5) is 39.8. The zero-order valence-electron chi connectivity index (χ0n) is 22.3. The number of piperidine rings is 1. The lowest BCUT2D eigenvalue weighted by Crippen LogP contribution is -2.49. The minimum absolute atomic E-state index is 0.0216. The Morgan fingerprint density at radius 3 is 2.54 bits per heavy atom. The summed E-state index contributed by atoms with van der Waals surface area (Å²) in [6.07, 6.45) is 2.12. The number of rotatable bonds is 7. The standard InChI is InChI=1S/C32H34N4O3/c1-22-26(27-10-5-6-11-29(27)36(22)25-8-3-2-4-9-25)16-17-33-30(37)14-15-31(38)34-19-23-18-24(21-34)28-12-7-13-32(39)35(28)20-23/h2-13,23-24H,14-21H2,1H3,(H,33,37)/t23-,24-/m0/s1. The second-order valence-electron chi connectivity index (χ2n) is 10.8. The van der Waals surface area contributed by atoms with E-state index in [-0.39, 0.29) is 42.1 Å². The Balaban J connectivity index is 1.05. The Hall–Kier alpha value is -4.13. The number of hydrogen-bond donors (Lipinski definition) is 1. The van der Waals surface area contributed by atoms with Crippen molar-refractivity contribution in [3.05, 3.63) is 100 Å². The smallest absolute Gasteiger partial charge is 0.250 e. The predicted octanol–water partition coefficient (Wildman–Crippen LogP) is 4.19. The molecule has 2 atom stereocenters. The monoisotopic (exact) mass is 522 g/mol. The van der Waals surface area contributed by atoms with Crippen LogP contribution in [0.15, 0.2) is 77.6 Å². The molecule has 2 aliphatic rings. The molecule has 1 N–H and O–H groups in total. The number of pyridine rings is 1. The Labute approximate surface area is 228 Å². The fourth-order valence-electron chi connectivity index (χ4n) is 6.55. The van der Waals surface area contributed by atoms with Crippen molar-refractivity contribution in [3.8, 4) is 5.69 Å². The molecular formula is C32H34N4O3. The van der Waals surface area contributed by atoms with Gasteiger partial charge in [0.25, 0.3) is 5.56 Å². The van der Waals surface area contributed by atoms with Crippen molar-refractivity contribution >= 4 is 22.7 Å². The van der Waals surface area contributed by atoms with Gasteiger partial charge in [-0.25, -0.2) is 0 Å². The summed E-state index contributed by atoms with van der Waals surface area (Å²) in [5.41, 5.74) is 5.75. The molecule has 2 aliphatic heterocycles. The van der Waals surface area contributed by atoms with Crippen LogP contribution < -0.4 is 10.9 Å². The number of hydrogen-bond acceptors (Lipinski definition) is 3. The third kappa shape index (κ3) is 4.89. The molecule has 6 rings (SSSR count). The third-order valence-corrected chi connectivity index (χ3v) is 8.35. The van der Waals surface area contributed by atoms with Gasteiger partial charge in [0.05, 0.1) is 5.52 Å². The molecule has 0 saturated carbocycles. The Kier molecular flexibility index (Phi) is 6.81.